The number of rotatable bonds is 4. The Balaban J connectivity index is 1.80. The van der Waals surface area contributed by atoms with Crippen LogP contribution in [-0.2, 0) is 6.42 Å². The van der Waals surface area contributed by atoms with Gasteiger partial charge >= 0.3 is 0 Å². The Labute approximate surface area is 140 Å². The average molecular weight is 322 g/mol. The van der Waals surface area contributed by atoms with Crippen LogP contribution in [-0.4, -0.2) is 10.9 Å². The molecule has 0 saturated heterocycles. The minimum atomic E-state index is -0.104. The number of thiazole rings is 1. The number of aryl methyl sites for hydroxylation is 2. The highest BCUT2D eigenvalue weighted by Gasteiger charge is 2.11. The van der Waals surface area contributed by atoms with Gasteiger partial charge in [-0.25, -0.2) is 4.98 Å². The standard InChI is InChI=1S/C19H18N2OS/c1-3-17-18(20-13(2)23-17)14-9-11-15(12-10-14)19(22)21-16-7-5-4-6-8-16/h4-12H,3H2,1-2H3,(H,21,22). The third-order valence-corrected chi connectivity index (χ3v) is 4.69. The molecule has 0 aliphatic carbocycles. The molecule has 0 fully saturated rings. The normalized spacial score (nSPS) is 10.5. The Morgan fingerprint density at radius 3 is 2.43 bits per heavy atom. The number of carbonyl (C=O) groups is 1. The third-order valence-electron chi connectivity index (χ3n) is 3.58. The van der Waals surface area contributed by atoms with Crippen LogP contribution in [0.25, 0.3) is 11.3 Å². The highest BCUT2D eigenvalue weighted by molar-refractivity contribution is 7.12. The SMILES string of the molecule is CCc1sc(C)nc1-c1ccc(C(=O)Nc2ccccc2)cc1. The maximum Gasteiger partial charge on any atom is 0.255 e. The van der Waals surface area contributed by atoms with Gasteiger partial charge in [0.15, 0.2) is 0 Å². The number of hydrogen-bond donors (Lipinski definition) is 1. The molecule has 0 bridgehead atoms. The summed E-state index contributed by atoms with van der Waals surface area (Å²) in [4.78, 5) is 18.2. The summed E-state index contributed by atoms with van der Waals surface area (Å²) >= 11 is 1.73. The Kier molecular flexibility index (Phi) is 4.53. The smallest absolute Gasteiger partial charge is 0.255 e. The van der Waals surface area contributed by atoms with E-state index in [1.165, 1.54) is 4.88 Å². The lowest BCUT2D eigenvalue weighted by atomic mass is 10.1. The largest absolute Gasteiger partial charge is 0.322 e. The van der Waals surface area contributed by atoms with Gasteiger partial charge in [0.25, 0.3) is 5.91 Å². The number of anilines is 1. The molecule has 23 heavy (non-hydrogen) atoms. The van der Waals surface area contributed by atoms with Crippen LogP contribution in [0.1, 0.15) is 27.2 Å². The fraction of sp³-hybridized carbons (Fsp3) is 0.158. The summed E-state index contributed by atoms with van der Waals surface area (Å²) in [6.45, 7) is 4.16. The van der Waals surface area contributed by atoms with E-state index >= 15 is 0 Å². The van der Waals surface area contributed by atoms with E-state index in [0.29, 0.717) is 5.56 Å². The van der Waals surface area contributed by atoms with Gasteiger partial charge in [0.2, 0.25) is 0 Å². The van der Waals surface area contributed by atoms with E-state index in [4.69, 9.17) is 0 Å². The number of aromatic nitrogens is 1. The van der Waals surface area contributed by atoms with Gasteiger partial charge < -0.3 is 5.32 Å². The molecule has 116 valence electrons. The lowest BCUT2D eigenvalue weighted by Gasteiger charge is -2.06. The number of hydrogen-bond acceptors (Lipinski definition) is 3. The van der Waals surface area contributed by atoms with Crippen molar-refractivity contribution in [1.82, 2.24) is 4.98 Å². The second kappa shape index (κ2) is 6.75. The fourth-order valence-electron chi connectivity index (χ4n) is 2.44. The quantitative estimate of drug-likeness (QED) is 0.739. The number of nitrogens with one attached hydrogen (secondary N) is 1. The first kappa shape index (κ1) is 15.4. The van der Waals surface area contributed by atoms with Gasteiger partial charge in [-0.15, -0.1) is 11.3 Å². The van der Waals surface area contributed by atoms with E-state index in [1.807, 2.05) is 61.5 Å². The summed E-state index contributed by atoms with van der Waals surface area (Å²) in [7, 11) is 0. The van der Waals surface area contributed by atoms with Crippen LogP contribution in [0.4, 0.5) is 5.69 Å². The molecule has 2 aromatic carbocycles. The highest BCUT2D eigenvalue weighted by Crippen LogP contribution is 2.28. The van der Waals surface area contributed by atoms with Crippen molar-refractivity contribution in [3.63, 3.8) is 0 Å². The lowest BCUT2D eigenvalue weighted by Crippen LogP contribution is -2.11. The number of carbonyl (C=O) groups excluding carboxylic acids is 1. The van der Waals surface area contributed by atoms with Gasteiger partial charge in [0.1, 0.15) is 0 Å². The molecule has 0 radical (unpaired) electrons. The van der Waals surface area contributed by atoms with Crippen molar-refractivity contribution in [3.05, 3.63) is 70.0 Å². The second-order valence-corrected chi connectivity index (χ2v) is 6.54. The van der Waals surface area contributed by atoms with Crippen LogP contribution in [0.5, 0.6) is 0 Å². The van der Waals surface area contributed by atoms with E-state index in [9.17, 15) is 4.79 Å². The van der Waals surface area contributed by atoms with Gasteiger partial charge in [-0.3, -0.25) is 4.79 Å². The first-order valence-electron chi connectivity index (χ1n) is 7.60. The first-order chi connectivity index (χ1) is 11.2. The Bertz CT molecular complexity index is 807. The molecular formula is C19H18N2OS. The zero-order chi connectivity index (χ0) is 16.2. The summed E-state index contributed by atoms with van der Waals surface area (Å²) in [6.07, 6.45) is 0.969. The second-order valence-electron chi connectivity index (χ2n) is 5.26. The number of nitrogens with zero attached hydrogens (tertiary/aromatic N) is 1. The summed E-state index contributed by atoms with van der Waals surface area (Å²) in [5, 5.41) is 3.96. The van der Waals surface area contributed by atoms with E-state index in [2.05, 4.69) is 17.2 Å². The Hall–Kier alpha value is -2.46. The summed E-state index contributed by atoms with van der Waals surface area (Å²) in [5.41, 5.74) is 3.53. The van der Waals surface area contributed by atoms with Crippen molar-refractivity contribution in [2.24, 2.45) is 0 Å². The van der Waals surface area contributed by atoms with Crippen LogP contribution < -0.4 is 5.32 Å². The molecule has 0 aliphatic rings. The van der Waals surface area contributed by atoms with Crippen molar-refractivity contribution >= 4 is 22.9 Å². The van der Waals surface area contributed by atoms with Crippen molar-refractivity contribution < 1.29 is 4.79 Å². The van der Waals surface area contributed by atoms with Crippen molar-refractivity contribution in [2.45, 2.75) is 20.3 Å². The molecule has 3 rings (SSSR count). The van der Waals surface area contributed by atoms with Crippen LogP contribution in [0, 0.1) is 6.92 Å². The molecule has 1 heterocycles. The summed E-state index contributed by atoms with van der Waals surface area (Å²) in [6, 6.07) is 17.1. The molecule has 0 unspecified atom stereocenters. The van der Waals surface area contributed by atoms with Crippen LogP contribution in [0.3, 0.4) is 0 Å². The van der Waals surface area contributed by atoms with Crippen LogP contribution in [0.2, 0.25) is 0 Å². The molecule has 0 atom stereocenters. The van der Waals surface area contributed by atoms with Crippen molar-refractivity contribution in [2.75, 3.05) is 5.32 Å². The average Bonchev–Trinajstić information content (AvgIpc) is 2.97. The monoisotopic (exact) mass is 322 g/mol. The lowest BCUT2D eigenvalue weighted by molar-refractivity contribution is 0.102. The molecule has 4 heteroatoms. The van der Waals surface area contributed by atoms with E-state index in [-0.39, 0.29) is 5.91 Å². The maximum absolute atomic E-state index is 12.3. The molecule has 0 spiro atoms. The third kappa shape index (κ3) is 3.48. The fourth-order valence-corrected chi connectivity index (χ4v) is 3.34. The maximum atomic E-state index is 12.3. The molecular weight excluding hydrogens is 304 g/mol. The summed E-state index contributed by atoms with van der Waals surface area (Å²) < 4.78 is 0. The predicted octanol–water partition coefficient (Wildman–Crippen LogP) is 4.93. The minimum absolute atomic E-state index is 0.104. The van der Waals surface area contributed by atoms with Gasteiger partial charge in [0, 0.05) is 21.7 Å². The van der Waals surface area contributed by atoms with E-state index < -0.39 is 0 Å². The van der Waals surface area contributed by atoms with Crippen molar-refractivity contribution in [3.8, 4) is 11.3 Å². The van der Waals surface area contributed by atoms with Gasteiger partial charge in [-0.2, -0.15) is 0 Å². The molecule has 0 aliphatic heterocycles. The predicted molar refractivity (Wildman–Crippen MR) is 96.1 cm³/mol. The molecule has 3 nitrogen and oxygen atoms in total. The first-order valence-corrected chi connectivity index (χ1v) is 8.42. The molecule has 0 saturated carbocycles. The highest BCUT2D eigenvalue weighted by atomic mass is 32.1. The number of amides is 1. The number of benzene rings is 2. The summed E-state index contributed by atoms with van der Waals surface area (Å²) in [5.74, 6) is -0.104. The van der Waals surface area contributed by atoms with Crippen molar-refractivity contribution in [1.29, 1.82) is 0 Å². The van der Waals surface area contributed by atoms with Crippen LogP contribution >= 0.6 is 11.3 Å². The molecule has 3 aromatic rings. The zero-order valence-electron chi connectivity index (χ0n) is 13.2. The van der Waals surface area contributed by atoms with Gasteiger partial charge in [0.05, 0.1) is 10.7 Å². The van der Waals surface area contributed by atoms with Crippen LogP contribution in [0.15, 0.2) is 54.6 Å². The van der Waals surface area contributed by atoms with E-state index in [0.717, 1.165) is 28.4 Å². The van der Waals surface area contributed by atoms with Gasteiger partial charge in [-0.05, 0) is 37.6 Å². The van der Waals surface area contributed by atoms with Gasteiger partial charge in [-0.1, -0.05) is 37.3 Å². The minimum Gasteiger partial charge on any atom is -0.322 e. The molecule has 1 N–H and O–H groups in total. The number of para-hydroxylation sites is 1. The Morgan fingerprint density at radius 1 is 1.09 bits per heavy atom. The topological polar surface area (TPSA) is 42.0 Å². The van der Waals surface area contributed by atoms with E-state index in [1.54, 1.807) is 11.3 Å². The molecule has 1 amide bonds. The molecule has 1 aromatic heterocycles. The Morgan fingerprint density at radius 2 is 1.78 bits per heavy atom. The zero-order valence-corrected chi connectivity index (χ0v) is 14.0.